The number of morpholine rings is 1. The molecule has 30 heavy (non-hydrogen) atoms. The van der Waals surface area contributed by atoms with Gasteiger partial charge in [0.25, 0.3) is 0 Å². The van der Waals surface area contributed by atoms with Crippen molar-refractivity contribution < 1.29 is 14.3 Å². The van der Waals surface area contributed by atoms with Crippen molar-refractivity contribution in [3.05, 3.63) is 34.9 Å². The molecular formula is C23H31N3O3S. The maximum atomic E-state index is 12.2. The Kier molecular flexibility index (Phi) is 6.39. The predicted molar refractivity (Wildman–Crippen MR) is 123 cm³/mol. The number of anilines is 2. The second kappa shape index (κ2) is 9.02. The molecular weight excluding hydrogens is 398 g/mol. The molecule has 1 unspecified atom stereocenters. The number of hydrogen-bond donors (Lipinski definition) is 1. The highest BCUT2D eigenvalue weighted by Crippen LogP contribution is 2.43. The zero-order valence-corrected chi connectivity index (χ0v) is 18.9. The number of benzene rings is 1. The number of carbonyl (C=O) groups is 1. The number of fused-ring (bicyclic) bond motifs is 1. The number of carbonyl (C=O) groups excluding carboxylic acids is 1. The highest BCUT2D eigenvalue weighted by molar-refractivity contribution is 8.04. The lowest BCUT2D eigenvalue weighted by atomic mass is 9.78. The largest absolute Gasteiger partial charge is 0.464 e. The summed E-state index contributed by atoms with van der Waals surface area (Å²) >= 11 is 1.73. The van der Waals surface area contributed by atoms with Crippen LogP contribution < -0.4 is 10.2 Å². The van der Waals surface area contributed by atoms with Gasteiger partial charge >= 0.3 is 5.97 Å². The van der Waals surface area contributed by atoms with Gasteiger partial charge in [0.05, 0.1) is 25.5 Å². The van der Waals surface area contributed by atoms with Gasteiger partial charge in [0.1, 0.15) is 0 Å². The van der Waals surface area contributed by atoms with Crippen LogP contribution >= 0.6 is 11.8 Å². The van der Waals surface area contributed by atoms with E-state index in [-0.39, 0.29) is 11.4 Å². The Labute approximate surface area is 183 Å². The summed E-state index contributed by atoms with van der Waals surface area (Å²) in [5.41, 5.74) is 4.65. The zero-order valence-electron chi connectivity index (χ0n) is 18.1. The minimum absolute atomic E-state index is 0.0928. The van der Waals surface area contributed by atoms with Crippen LogP contribution in [0.15, 0.2) is 39.9 Å². The van der Waals surface area contributed by atoms with Crippen molar-refractivity contribution in [2.24, 2.45) is 10.4 Å². The quantitative estimate of drug-likeness (QED) is 0.712. The number of hydrogen-bond acceptors (Lipinski definition) is 7. The Balaban J connectivity index is 1.53. The van der Waals surface area contributed by atoms with Crippen molar-refractivity contribution in [3.8, 4) is 0 Å². The number of esters is 1. The number of allylic oxidation sites excluding steroid dienone is 2. The summed E-state index contributed by atoms with van der Waals surface area (Å²) in [5.74, 6) is 0.423. The van der Waals surface area contributed by atoms with Gasteiger partial charge in [0.15, 0.2) is 6.04 Å². The van der Waals surface area contributed by atoms with Gasteiger partial charge in [-0.15, -0.1) is 11.8 Å². The van der Waals surface area contributed by atoms with E-state index in [0.29, 0.717) is 12.4 Å². The summed E-state index contributed by atoms with van der Waals surface area (Å²) in [6.45, 7) is 10.2. The monoisotopic (exact) mass is 429 g/mol. The van der Waals surface area contributed by atoms with E-state index >= 15 is 0 Å². The normalized spacial score (nSPS) is 23.5. The molecule has 3 aliphatic rings. The van der Waals surface area contributed by atoms with Crippen LogP contribution in [0.3, 0.4) is 0 Å². The molecule has 0 saturated carbocycles. The van der Waals surface area contributed by atoms with Crippen molar-refractivity contribution >= 4 is 34.8 Å². The topological polar surface area (TPSA) is 63.2 Å². The van der Waals surface area contributed by atoms with Gasteiger partial charge in [0, 0.05) is 40.8 Å². The van der Waals surface area contributed by atoms with Gasteiger partial charge in [-0.1, -0.05) is 13.8 Å². The van der Waals surface area contributed by atoms with Crippen LogP contribution in [0.25, 0.3) is 0 Å². The smallest absolute Gasteiger partial charge is 0.331 e. The third-order valence-corrected chi connectivity index (χ3v) is 6.89. The maximum Gasteiger partial charge on any atom is 0.331 e. The lowest BCUT2D eigenvalue weighted by molar-refractivity contribution is -0.143. The number of ether oxygens (including phenoxy) is 2. The number of thioether (sulfide) groups is 1. The molecule has 1 aromatic rings. The molecule has 0 spiro atoms. The molecule has 2 heterocycles. The summed E-state index contributed by atoms with van der Waals surface area (Å²) < 4.78 is 10.6. The van der Waals surface area contributed by atoms with E-state index in [2.05, 4.69) is 48.3 Å². The number of rotatable bonds is 5. The molecule has 1 atom stereocenters. The van der Waals surface area contributed by atoms with Gasteiger partial charge in [-0.3, -0.25) is 4.99 Å². The van der Waals surface area contributed by atoms with Gasteiger partial charge in [-0.25, -0.2) is 4.79 Å². The molecule has 1 N–H and O–H groups in total. The molecule has 1 aromatic carbocycles. The summed E-state index contributed by atoms with van der Waals surface area (Å²) in [7, 11) is 0. The Hall–Kier alpha value is -1.99. The van der Waals surface area contributed by atoms with Gasteiger partial charge in [0.2, 0.25) is 0 Å². The van der Waals surface area contributed by atoms with Gasteiger partial charge < -0.3 is 19.7 Å². The van der Waals surface area contributed by atoms with Crippen LogP contribution in [0.4, 0.5) is 11.4 Å². The molecule has 0 aromatic heterocycles. The van der Waals surface area contributed by atoms with E-state index in [1.807, 2.05) is 6.92 Å². The maximum absolute atomic E-state index is 12.2. The third-order valence-electron chi connectivity index (χ3n) is 5.63. The molecule has 1 saturated heterocycles. The van der Waals surface area contributed by atoms with Crippen molar-refractivity contribution in [1.82, 2.24) is 0 Å². The first-order chi connectivity index (χ1) is 14.4. The van der Waals surface area contributed by atoms with E-state index in [1.165, 1.54) is 16.3 Å². The van der Waals surface area contributed by atoms with Crippen LogP contribution in [-0.4, -0.2) is 56.4 Å². The molecule has 0 radical (unpaired) electrons. The third kappa shape index (κ3) is 4.83. The van der Waals surface area contributed by atoms with Crippen molar-refractivity contribution in [3.63, 3.8) is 0 Å². The average Bonchev–Trinajstić information content (AvgIpc) is 2.74. The summed E-state index contributed by atoms with van der Waals surface area (Å²) in [6, 6.07) is 8.24. The van der Waals surface area contributed by atoms with E-state index < -0.39 is 6.04 Å². The molecule has 1 aliphatic carbocycles. The van der Waals surface area contributed by atoms with Crippen LogP contribution in [-0.2, 0) is 14.3 Å². The predicted octanol–water partition coefficient (Wildman–Crippen LogP) is 4.09. The Morgan fingerprint density at radius 1 is 1.27 bits per heavy atom. The highest BCUT2D eigenvalue weighted by atomic mass is 32.2. The fraction of sp³-hybridized carbons (Fsp3) is 0.565. The second-order valence-corrected chi connectivity index (χ2v) is 9.78. The Bertz CT molecular complexity index is 842. The fourth-order valence-corrected chi connectivity index (χ4v) is 5.33. The van der Waals surface area contributed by atoms with E-state index in [9.17, 15) is 4.79 Å². The summed E-state index contributed by atoms with van der Waals surface area (Å²) in [5, 5.41) is 3.65. The number of aliphatic imine (C=N–C) groups is 1. The fourth-order valence-electron chi connectivity index (χ4n) is 4.20. The number of nitrogens with zero attached hydrogens (tertiary/aromatic N) is 2. The Morgan fingerprint density at radius 2 is 2.00 bits per heavy atom. The lowest BCUT2D eigenvalue weighted by Crippen LogP contribution is -2.36. The second-order valence-electron chi connectivity index (χ2n) is 8.75. The minimum atomic E-state index is -0.392. The molecule has 1 fully saturated rings. The lowest BCUT2D eigenvalue weighted by Gasteiger charge is -2.37. The molecule has 6 nitrogen and oxygen atoms in total. The van der Waals surface area contributed by atoms with Crippen molar-refractivity contribution in [2.75, 3.05) is 48.9 Å². The first-order valence-corrected chi connectivity index (χ1v) is 11.7. The zero-order chi connectivity index (χ0) is 21.1. The summed E-state index contributed by atoms with van der Waals surface area (Å²) in [6.07, 6.45) is 1.84. The van der Waals surface area contributed by atoms with E-state index in [1.54, 1.807) is 11.8 Å². The van der Waals surface area contributed by atoms with E-state index in [4.69, 9.17) is 14.5 Å². The van der Waals surface area contributed by atoms with E-state index in [0.717, 1.165) is 50.5 Å². The molecule has 162 valence electrons. The molecule has 7 heteroatoms. The van der Waals surface area contributed by atoms with Crippen LogP contribution in [0.1, 0.15) is 33.6 Å². The first-order valence-electron chi connectivity index (χ1n) is 10.7. The molecule has 4 rings (SSSR count). The first kappa shape index (κ1) is 21.2. The SMILES string of the molecule is CCOC(=O)C1CSC2=C(Nc3ccc(N4CCOCC4)cc3)CC(C)(C)CC2=N1. The molecule has 2 aliphatic heterocycles. The Morgan fingerprint density at radius 3 is 2.70 bits per heavy atom. The summed E-state index contributed by atoms with van der Waals surface area (Å²) in [4.78, 5) is 20.5. The van der Waals surface area contributed by atoms with Crippen LogP contribution in [0.2, 0.25) is 0 Å². The van der Waals surface area contributed by atoms with Gasteiger partial charge in [-0.05, 0) is 49.4 Å². The van der Waals surface area contributed by atoms with Crippen LogP contribution in [0, 0.1) is 5.41 Å². The highest BCUT2D eigenvalue weighted by Gasteiger charge is 2.36. The standard InChI is InChI=1S/C23H31N3O3S/c1-4-29-22(27)20-15-30-21-18(13-23(2,3)14-19(21)25-20)24-16-5-7-17(8-6-16)26-9-11-28-12-10-26/h5-8,20,24H,4,9-15H2,1-3H3. The molecule has 0 amide bonds. The molecule has 0 bridgehead atoms. The van der Waals surface area contributed by atoms with Crippen molar-refractivity contribution in [1.29, 1.82) is 0 Å². The average molecular weight is 430 g/mol. The minimum Gasteiger partial charge on any atom is -0.464 e. The van der Waals surface area contributed by atoms with Crippen molar-refractivity contribution in [2.45, 2.75) is 39.7 Å². The number of nitrogens with one attached hydrogen (secondary N) is 1. The van der Waals surface area contributed by atoms with Crippen LogP contribution in [0.5, 0.6) is 0 Å². The van der Waals surface area contributed by atoms with Gasteiger partial charge in [-0.2, -0.15) is 0 Å².